The molecular formula is C5H5NS2. The van der Waals surface area contributed by atoms with E-state index in [2.05, 4.69) is 16.5 Å². The highest BCUT2D eigenvalue weighted by atomic mass is 32.2. The van der Waals surface area contributed by atoms with Gasteiger partial charge in [0.2, 0.25) is 0 Å². The number of nitrogens with zero attached hydrogens (tertiary/aromatic N) is 1. The minimum absolute atomic E-state index is 0.669. The Morgan fingerprint density at radius 2 is 2.75 bits per heavy atom. The minimum atomic E-state index is 0.669. The molecule has 42 valence electrons. The summed E-state index contributed by atoms with van der Waals surface area (Å²) in [7, 11) is 0. The molecule has 0 N–H and O–H groups in total. The standard InChI is InChI=1S/C5H5NS2/c7-4-3-5-6(4)1-2-8-5/h1-2,5H,3H2/t5-/m0/s1. The lowest BCUT2D eigenvalue weighted by atomic mass is 10.2. The third kappa shape index (κ3) is 0.459. The molecule has 0 aromatic rings. The Kier molecular flexibility index (Phi) is 0.893. The average molecular weight is 143 g/mol. The quantitative estimate of drug-likeness (QED) is 0.474. The first kappa shape index (κ1) is 4.82. The number of hydrogen-bond acceptors (Lipinski definition) is 2. The summed E-state index contributed by atoms with van der Waals surface area (Å²) in [5.41, 5.74) is 0. The second kappa shape index (κ2) is 1.48. The number of fused-ring (bicyclic) bond motifs is 1. The van der Waals surface area contributed by atoms with E-state index in [0.29, 0.717) is 5.37 Å². The molecule has 1 nitrogen and oxygen atoms in total. The van der Waals surface area contributed by atoms with Gasteiger partial charge in [0, 0.05) is 12.6 Å². The zero-order valence-corrected chi connectivity index (χ0v) is 5.84. The van der Waals surface area contributed by atoms with Gasteiger partial charge in [0.15, 0.2) is 0 Å². The van der Waals surface area contributed by atoms with Crippen molar-refractivity contribution in [1.29, 1.82) is 0 Å². The molecule has 0 aliphatic carbocycles. The molecule has 0 aromatic carbocycles. The van der Waals surface area contributed by atoms with E-state index >= 15 is 0 Å². The number of hydrogen-bond donors (Lipinski definition) is 0. The molecule has 2 aliphatic rings. The van der Waals surface area contributed by atoms with Gasteiger partial charge in [-0.05, 0) is 5.41 Å². The van der Waals surface area contributed by atoms with Gasteiger partial charge < -0.3 is 4.90 Å². The normalized spacial score (nSPS) is 32.8. The van der Waals surface area contributed by atoms with Crippen molar-refractivity contribution in [3.63, 3.8) is 0 Å². The van der Waals surface area contributed by atoms with Gasteiger partial charge in [0.05, 0.1) is 10.4 Å². The summed E-state index contributed by atoms with van der Waals surface area (Å²) >= 11 is 6.84. The third-order valence-electron chi connectivity index (χ3n) is 1.40. The summed E-state index contributed by atoms with van der Waals surface area (Å²) in [6, 6.07) is 0. The fraction of sp³-hybridized carbons (Fsp3) is 0.400. The zero-order valence-electron chi connectivity index (χ0n) is 4.20. The molecule has 8 heavy (non-hydrogen) atoms. The molecule has 2 aliphatic heterocycles. The van der Waals surface area contributed by atoms with Crippen LogP contribution >= 0.6 is 24.0 Å². The van der Waals surface area contributed by atoms with Crippen molar-refractivity contribution in [2.24, 2.45) is 0 Å². The molecule has 2 rings (SSSR count). The molecule has 3 heteroatoms. The Balaban J connectivity index is 2.21. The van der Waals surface area contributed by atoms with Gasteiger partial charge in [-0.15, -0.1) is 11.8 Å². The fourth-order valence-electron chi connectivity index (χ4n) is 0.886. The van der Waals surface area contributed by atoms with Crippen molar-refractivity contribution >= 4 is 29.0 Å². The molecule has 0 unspecified atom stereocenters. The van der Waals surface area contributed by atoms with Crippen LogP contribution in [0.15, 0.2) is 11.6 Å². The molecule has 0 amide bonds. The van der Waals surface area contributed by atoms with Crippen LogP contribution in [0.5, 0.6) is 0 Å². The summed E-state index contributed by atoms with van der Waals surface area (Å²) in [5, 5.41) is 2.77. The van der Waals surface area contributed by atoms with Crippen LogP contribution in [0, 0.1) is 0 Å². The molecule has 1 fully saturated rings. The SMILES string of the molecule is S=C1C[C@@H]2SC=CN12. The highest BCUT2D eigenvalue weighted by Crippen LogP contribution is 2.36. The van der Waals surface area contributed by atoms with Crippen LogP contribution in [0.2, 0.25) is 0 Å². The number of thiocarbonyl (C=S) groups is 1. The zero-order chi connectivity index (χ0) is 5.56. The molecule has 2 heterocycles. The van der Waals surface area contributed by atoms with Crippen molar-refractivity contribution in [3.8, 4) is 0 Å². The maximum absolute atomic E-state index is 4.98. The highest BCUT2D eigenvalue weighted by molar-refractivity contribution is 8.03. The minimum Gasteiger partial charge on any atom is -0.329 e. The van der Waals surface area contributed by atoms with Crippen LogP contribution in [0.1, 0.15) is 6.42 Å². The summed E-state index contributed by atoms with van der Waals surface area (Å²) in [4.78, 5) is 3.23. The summed E-state index contributed by atoms with van der Waals surface area (Å²) in [6.45, 7) is 0. The van der Waals surface area contributed by atoms with E-state index in [1.54, 1.807) is 0 Å². The van der Waals surface area contributed by atoms with Gasteiger partial charge in [-0.2, -0.15) is 0 Å². The van der Waals surface area contributed by atoms with Crippen LogP contribution in [-0.2, 0) is 0 Å². The molecular weight excluding hydrogens is 138 g/mol. The summed E-state index contributed by atoms with van der Waals surface area (Å²) in [5.74, 6) is 0. The van der Waals surface area contributed by atoms with Gasteiger partial charge >= 0.3 is 0 Å². The van der Waals surface area contributed by atoms with Gasteiger partial charge in [-0.25, -0.2) is 0 Å². The third-order valence-corrected chi connectivity index (χ3v) is 2.77. The van der Waals surface area contributed by atoms with E-state index in [0.717, 1.165) is 11.4 Å². The van der Waals surface area contributed by atoms with Crippen molar-refractivity contribution in [2.75, 3.05) is 0 Å². The smallest absolute Gasteiger partial charge is 0.0902 e. The first-order valence-corrected chi connectivity index (χ1v) is 3.86. The lowest BCUT2D eigenvalue weighted by molar-refractivity contribution is 0.460. The van der Waals surface area contributed by atoms with Gasteiger partial charge in [0.1, 0.15) is 0 Å². The Morgan fingerprint density at radius 1 is 1.88 bits per heavy atom. The topological polar surface area (TPSA) is 3.24 Å². The van der Waals surface area contributed by atoms with E-state index in [9.17, 15) is 0 Å². The second-order valence-corrected chi connectivity index (χ2v) is 3.44. The molecule has 1 saturated heterocycles. The molecule has 0 saturated carbocycles. The molecule has 0 bridgehead atoms. The second-order valence-electron chi connectivity index (χ2n) is 1.88. The van der Waals surface area contributed by atoms with E-state index < -0.39 is 0 Å². The van der Waals surface area contributed by atoms with Crippen molar-refractivity contribution in [1.82, 2.24) is 4.90 Å². The van der Waals surface area contributed by atoms with Crippen LogP contribution in [0.4, 0.5) is 0 Å². The highest BCUT2D eigenvalue weighted by Gasteiger charge is 2.33. The monoisotopic (exact) mass is 143 g/mol. The molecule has 0 aromatic heterocycles. The van der Waals surface area contributed by atoms with E-state index in [-0.39, 0.29) is 0 Å². The van der Waals surface area contributed by atoms with E-state index in [1.807, 2.05) is 11.8 Å². The maximum Gasteiger partial charge on any atom is 0.0902 e. The average Bonchev–Trinajstić information content (AvgIpc) is 2.09. The largest absolute Gasteiger partial charge is 0.329 e. The van der Waals surface area contributed by atoms with Crippen LogP contribution in [-0.4, -0.2) is 15.3 Å². The Bertz CT molecular complexity index is 164. The first-order valence-electron chi connectivity index (χ1n) is 2.51. The maximum atomic E-state index is 4.98. The predicted molar refractivity (Wildman–Crippen MR) is 39.6 cm³/mol. The van der Waals surface area contributed by atoms with Crippen LogP contribution < -0.4 is 0 Å². The Morgan fingerprint density at radius 3 is 3.25 bits per heavy atom. The summed E-state index contributed by atoms with van der Waals surface area (Å²) < 4.78 is 0. The Hall–Kier alpha value is -0.0200. The van der Waals surface area contributed by atoms with Gasteiger partial charge in [-0.1, -0.05) is 12.2 Å². The molecule has 0 spiro atoms. The van der Waals surface area contributed by atoms with Gasteiger partial charge in [-0.3, -0.25) is 0 Å². The Labute approximate surface area is 57.7 Å². The molecule has 1 atom stereocenters. The van der Waals surface area contributed by atoms with E-state index in [4.69, 9.17) is 12.2 Å². The number of thioether (sulfide) groups is 1. The summed E-state index contributed by atoms with van der Waals surface area (Å²) in [6.07, 6.45) is 3.16. The predicted octanol–water partition coefficient (Wildman–Crippen LogP) is 1.56. The van der Waals surface area contributed by atoms with Crippen molar-refractivity contribution < 1.29 is 0 Å². The first-order chi connectivity index (χ1) is 3.88. The fourth-order valence-corrected chi connectivity index (χ4v) is 2.37. The lowest BCUT2D eigenvalue weighted by Gasteiger charge is -2.35. The number of rotatable bonds is 0. The van der Waals surface area contributed by atoms with Crippen LogP contribution in [0.3, 0.4) is 0 Å². The lowest BCUT2D eigenvalue weighted by Crippen LogP contribution is -2.43. The van der Waals surface area contributed by atoms with Gasteiger partial charge in [0.25, 0.3) is 0 Å². The van der Waals surface area contributed by atoms with E-state index in [1.165, 1.54) is 0 Å². The van der Waals surface area contributed by atoms with Crippen molar-refractivity contribution in [3.05, 3.63) is 11.6 Å². The molecule has 0 radical (unpaired) electrons. The van der Waals surface area contributed by atoms with Crippen LogP contribution in [0.25, 0.3) is 0 Å². The van der Waals surface area contributed by atoms with Crippen molar-refractivity contribution in [2.45, 2.75) is 11.8 Å².